The van der Waals surface area contributed by atoms with Gasteiger partial charge in [-0.3, -0.25) is 9.59 Å². The Morgan fingerprint density at radius 2 is 1.77 bits per heavy atom. The van der Waals surface area contributed by atoms with Crippen molar-refractivity contribution in [3.05, 3.63) is 74.8 Å². The van der Waals surface area contributed by atoms with E-state index in [1.165, 1.54) is 5.57 Å². The van der Waals surface area contributed by atoms with Crippen LogP contribution in [0.5, 0.6) is 0 Å². The minimum Gasteiger partial charge on any atom is -0.445 e. The Morgan fingerprint density at radius 3 is 2.47 bits per heavy atom. The van der Waals surface area contributed by atoms with Crippen LogP contribution in [0.25, 0.3) is 5.57 Å². The zero-order valence-corrected chi connectivity index (χ0v) is 33.7. The maximum atomic E-state index is 14.9. The molecule has 1 heterocycles. The van der Waals surface area contributed by atoms with Crippen molar-refractivity contribution in [1.82, 2.24) is 21.3 Å². The summed E-state index contributed by atoms with van der Waals surface area (Å²) in [6.07, 6.45) is 5.05. The van der Waals surface area contributed by atoms with E-state index in [9.17, 15) is 14.4 Å². The van der Waals surface area contributed by atoms with E-state index in [-0.39, 0.29) is 30.8 Å². The Balaban J connectivity index is 1.41. The lowest BCUT2D eigenvalue weighted by atomic mass is 9.76. The predicted molar refractivity (Wildman–Crippen MR) is 215 cm³/mol. The van der Waals surface area contributed by atoms with Gasteiger partial charge >= 0.3 is 6.09 Å². The highest BCUT2D eigenvalue weighted by Crippen LogP contribution is 2.48. The highest BCUT2D eigenvalue weighted by Gasteiger charge is 2.47. The number of fused-ring (bicyclic) bond motifs is 2. The molecule has 0 aromatic heterocycles. The Kier molecular flexibility index (Phi) is 14.6. The fourth-order valence-corrected chi connectivity index (χ4v) is 8.39. The summed E-state index contributed by atoms with van der Waals surface area (Å²) in [5, 5.41) is 13.9. The van der Waals surface area contributed by atoms with Crippen LogP contribution in [0.1, 0.15) is 95.8 Å². The normalized spacial score (nSPS) is 20.6. The van der Waals surface area contributed by atoms with Gasteiger partial charge in [-0.15, -0.1) is 0 Å². The number of alkyl carbamates (subject to hydrolysis) is 1. The monoisotopic (exact) mass is 784 g/mol. The van der Waals surface area contributed by atoms with Gasteiger partial charge in [0.05, 0.1) is 11.0 Å². The van der Waals surface area contributed by atoms with Crippen LogP contribution >= 0.6 is 35.4 Å². The molecule has 0 spiro atoms. The third kappa shape index (κ3) is 10.5. The first-order valence-corrected chi connectivity index (χ1v) is 20.2. The van der Waals surface area contributed by atoms with E-state index in [2.05, 4.69) is 35.1 Å². The van der Waals surface area contributed by atoms with Crippen molar-refractivity contribution in [1.29, 1.82) is 0 Å². The highest BCUT2D eigenvalue weighted by atomic mass is 35.5. The number of ether oxygens (including phenoxy) is 2. The molecule has 2 aromatic carbocycles. The van der Waals surface area contributed by atoms with Gasteiger partial charge < -0.3 is 30.7 Å². The number of allylic oxidation sites excluding steroid dienone is 1. The third-order valence-corrected chi connectivity index (χ3v) is 12.2. The molecule has 0 radical (unpaired) electrons. The molecule has 1 aliphatic heterocycles. The molecule has 2 aromatic rings. The van der Waals surface area contributed by atoms with Crippen molar-refractivity contribution in [3.8, 4) is 0 Å². The second kappa shape index (κ2) is 18.9. The Labute approximate surface area is 329 Å². The first-order chi connectivity index (χ1) is 25.4. The number of hydrogen-bond acceptors (Lipinski definition) is 6. The number of carbonyl (C=O) groups is 3. The summed E-state index contributed by atoms with van der Waals surface area (Å²) in [7, 11) is 0. The van der Waals surface area contributed by atoms with Crippen LogP contribution in [0.3, 0.4) is 0 Å². The summed E-state index contributed by atoms with van der Waals surface area (Å²) in [5.74, 6) is -0.161. The van der Waals surface area contributed by atoms with E-state index >= 15 is 0 Å². The van der Waals surface area contributed by atoms with Crippen molar-refractivity contribution >= 4 is 63.9 Å². The number of rotatable bonds is 15. The lowest BCUT2D eigenvalue weighted by Gasteiger charge is -2.40. The molecule has 288 valence electrons. The van der Waals surface area contributed by atoms with Crippen LogP contribution in [0.2, 0.25) is 10.0 Å². The fourth-order valence-electron chi connectivity index (χ4n) is 7.45. The average molecular weight is 786 g/mol. The maximum Gasteiger partial charge on any atom is 0.408 e. The van der Waals surface area contributed by atoms with Gasteiger partial charge in [0.15, 0.2) is 0 Å². The van der Waals surface area contributed by atoms with E-state index < -0.39 is 29.6 Å². The molecule has 1 saturated heterocycles. The summed E-state index contributed by atoms with van der Waals surface area (Å²) in [4.78, 5) is 43.0. The molecular weight excluding hydrogens is 731 g/mol. The first-order valence-electron chi connectivity index (χ1n) is 19.1. The zero-order chi connectivity index (χ0) is 38.1. The van der Waals surface area contributed by atoms with E-state index in [0.29, 0.717) is 53.2 Å². The van der Waals surface area contributed by atoms with Crippen LogP contribution in [0.4, 0.5) is 4.79 Å². The average Bonchev–Trinajstić information content (AvgIpc) is 3.52. The molecule has 3 unspecified atom stereocenters. The molecule has 12 heteroatoms. The lowest BCUT2D eigenvalue weighted by molar-refractivity contribution is -0.135. The van der Waals surface area contributed by atoms with E-state index in [4.69, 9.17) is 44.9 Å². The number of nitrogens with one attached hydrogen (secondary N) is 4. The van der Waals surface area contributed by atoms with Gasteiger partial charge in [0.2, 0.25) is 11.8 Å². The minimum atomic E-state index is -1.34. The van der Waals surface area contributed by atoms with Crippen LogP contribution in [0, 0.1) is 17.8 Å². The van der Waals surface area contributed by atoms with Gasteiger partial charge in [-0.25, -0.2) is 4.79 Å². The Bertz CT molecular complexity index is 1670. The zero-order valence-electron chi connectivity index (χ0n) is 31.3. The summed E-state index contributed by atoms with van der Waals surface area (Å²) < 4.78 is 11.1. The molecule has 4 N–H and O–H groups in total. The Hall–Kier alpha value is -3.18. The maximum absolute atomic E-state index is 14.9. The molecule has 0 saturated carbocycles. The van der Waals surface area contributed by atoms with Gasteiger partial charge in [-0.1, -0.05) is 112 Å². The summed E-state index contributed by atoms with van der Waals surface area (Å²) in [5.41, 5.74) is 3.55. The van der Waals surface area contributed by atoms with Gasteiger partial charge in [-0.2, -0.15) is 0 Å². The molecular formula is C41H54Cl2N4O5S. The van der Waals surface area contributed by atoms with Crippen molar-refractivity contribution in [2.75, 3.05) is 19.8 Å². The molecule has 53 heavy (non-hydrogen) atoms. The molecule has 3 aliphatic rings. The second-order valence-corrected chi connectivity index (χ2v) is 16.3. The smallest absolute Gasteiger partial charge is 0.408 e. The number of carbonyl (C=O) groups excluding carboxylic acids is 3. The first kappa shape index (κ1) is 41.0. The van der Waals surface area contributed by atoms with Crippen molar-refractivity contribution in [2.24, 2.45) is 17.8 Å². The predicted octanol–water partition coefficient (Wildman–Crippen LogP) is 7.95. The highest BCUT2D eigenvalue weighted by molar-refractivity contribution is 7.80. The van der Waals surface area contributed by atoms with E-state index in [1.54, 1.807) is 6.07 Å². The van der Waals surface area contributed by atoms with Crippen molar-refractivity contribution in [3.63, 3.8) is 0 Å². The largest absolute Gasteiger partial charge is 0.445 e. The summed E-state index contributed by atoms with van der Waals surface area (Å²) in [6, 6.07) is 11.6. The molecule has 5 atom stereocenters. The minimum absolute atomic E-state index is 0.0313. The molecule has 5 rings (SSSR count). The summed E-state index contributed by atoms with van der Waals surface area (Å²) in [6.45, 7) is 10.5. The second-order valence-electron chi connectivity index (χ2n) is 15.1. The Morgan fingerprint density at radius 1 is 1.04 bits per heavy atom. The van der Waals surface area contributed by atoms with Crippen LogP contribution < -0.4 is 21.3 Å². The molecule has 2 aliphatic carbocycles. The number of halogens is 2. The lowest BCUT2D eigenvalue weighted by Crippen LogP contribution is -2.65. The third-order valence-electron chi connectivity index (χ3n) is 11.3. The molecule has 9 nitrogen and oxygen atoms in total. The van der Waals surface area contributed by atoms with Gasteiger partial charge in [0.25, 0.3) is 0 Å². The van der Waals surface area contributed by atoms with Crippen LogP contribution in [-0.2, 0) is 32.1 Å². The number of amides is 3. The SMILES string of the molecule is CCC(C)CC(NC(=O)OCc1ccccc1)C(=O)N[C@]1(C(=O)N[C@H](C(=S)NCC2CCOCC2)C(C)CC)CCC2=C(C1)c1cc(Cl)cc(Cl)c1C2. The van der Waals surface area contributed by atoms with Crippen LogP contribution in [0.15, 0.2) is 48.0 Å². The molecule has 1 fully saturated rings. The molecule has 3 amide bonds. The van der Waals surface area contributed by atoms with Crippen molar-refractivity contribution < 1.29 is 23.9 Å². The quantitative estimate of drug-likeness (QED) is 0.136. The fraction of sp³-hybridized carbons (Fsp3) is 0.561. The van der Waals surface area contributed by atoms with E-state index in [0.717, 1.165) is 61.2 Å². The summed E-state index contributed by atoms with van der Waals surface area (Å²) >= 11 is 19.1. The van der Waals surface area contributed by atoms with Crippen molar-refractivity contribution in [2.45, 2.75) is 110 Å². The topological polar surface area (TPSA) is 118 Å². The van der Waals surface area contributed by atoms with Crippen LogP contribution in [-0.4, -0.2) is 60.3 Å². The van der Waals surface area contributed by atoms with E-state index in [1.807, 2.05) is 50.2 Å². The number of hydrogen-bond donors (Lipinski definition) is 4. The van der Waals surface area contributed by atoms with Gasteiger partial charge in [0, 0.05) is 36.2 Å². The van der Waals surface area contributed by atoms with Gasteiger partial charge in [0.1, 0.15) is 18.2 Å². The van der Waals surface area contributed by atoms with Gasteiger partial charge in [-0.05, 0) is 90.7 Å². The number of thiocarbonyl (C=S) groups is 1. The number of benzene rings is 2. The molecule has 0 bridgehead atoms. The standard InChI is InChI=1S/C41H54Cl2N4O5S/c1-5-25(3)18-35(45-40(50)52-24-28-10-8-7-9-11-28)37(48)47-41(15-12-29-19-32-31(33(29)22-41)20-30(42)21-34(32)43)39(49)46-36(26(4)6-2)38(53)44-23-27-13-16-51-17-14-27/h7-11,20-21,25-27,35-36H,5-6,12-19,22-24H2,1-4H3,(H,44,53)(H,45,50)(H,46,49)(H,47,48)/t25?,26?,35?,36-,41+/m0/s1.